The third-order valence-electron chi connectivity index (χ3n) is 6.33. The highest BCUT2D eigenvalue weighted by atomic mass is 16.5. The summed E-state index contributed by atoms with van der Waals surface area (Å²) < 4.78 is 13.1. The summed E-state index contributed by atoms with van der Waals surface area (Å²) >= 11 is 0. The number of ether oxygens (including phenoxy) is 2. The van der Waals surface area contributed by atoms with Crippen LogP contribution in [0.3, 0.4) is 0 Å². The molecule has 0 saturated heterocycles. The monoisotopic (exact) mass is 420 g/mol. The fraction of sp³-hybridized carbons (Fsp3) is 0.458. The van der Waals surface area contributed by atoms with Gasteiger partial charge in [-0.25, -0.2) is 0 Å². The lowest BCUT2D eigenvalue weighted by molar-refractivity contribution is -0.124. The van der Waals surface area contributed by atoms with Crippen LogP contribution in [0.4, 0.5) is 0 Å². The molecule has 0 radical (unpaired) electrons. The van der Waals surface area contributed by atoms with Gasteiger partial charge in [-0.15, -0.1) is 0 Å². The molecule has 7 nitrogen and oxygen atoms in total. The normalized spacial score (nSPS) is 18.0. The minimum atomic E-state index is -0.149. The summed E-state index contributed by atoms with van der Waals surface area (Å²) in [6.45, 7) is 1.98. The van der Waals surface area contributed by atoms with Gasteiger partial charge in [0, 0.05) is 24.4 Å². The molecular weight excluding hydrogens is 392 g/mol. The first-order chi connectivity index (χ1) is 15.0. The number of hydrogen-bond donors (Lipinski definition) is 1. The van der Waals surface area contributed by atoms with Crippen LogP contribution >= 0.6 is 0 Å². The SMILES string of the molecule is COc1cccc2c1CCCC2NC(=O)COc1cc(C)c2c(C3CC3)nn(C)c2n1. The van der Waals surface area contributed by atoms with E-state index in [1.807, 2.05) is 29.9 Å². The summed E-state index contributed by atoms with van der Waals surface area (Å²) in [4.78, 5) is 17.3. The van der Waals surface area contributed by atoms with Gasteiger partial charge in [0.1, 0.15) is 5.75 Å². The molecule has 2 heterocycles. The van der Waals surface area contributed by atoms with Crippen molar-refractivity contribution in [3.8, 4) is 11.6 Å². The number of aromatic nitrogens is 3. The van der Waals surface area contributed by atoms with Crippen LogP contribution in [0.15, 0.2) is 24.3 Å². The van der Waals surface area contributed by atoms with Gasteiger partial charge >= 0.3 is 0 Å². The molecule has 0 spiro atoms. The van der Waals surface area contributed by atoms with Crippen molar-refractivity contribution in [2.45, 2.75) is 51.0 Å². The zero-order chi connectivity index (χ0) is 21.5. The highest BCUT2D eigenvalue weighted by Crippen LogP contribution is 2.43. The van der Waals surface area contributed by atoms with E-state index >= 15 is 0 Å². The van der Waals surface area contributed by atoms with Crippen molar-refractivity contribution in [1.29, 1.82) is 0 Å². The maximum Gasteiger partial charge on any atom is 0.258 e. The minimum absolute atomic E-state index is 0.0229. The Bertz CT molecular complexity index is 1150. The van der Waals surface area contributed by atoms with Crippen LogP contribution in [0.2, 0.25) is 0 Å². The molecule has 1 aromatic carbocycles. The lowest BCUT2D eigenvalue weighted by Gasteiger charge is -2.27. The number of benzene rings is 1. The summed E-state index contributed by atoms with van der Waals surface area (Å²) in [5.74, 6) is 1.75. The Morgan fingerprint density at radius 1 is 1.29 bits per heavy atom. The minimum Gasteiger partial charge on any atom is -0.496 e. The van der Waals surface area contributed by atoms with Crippen LogP contribution in [0, 0.1) is 6.92 Å². The van der Waals surface area contributed by atoms with Crippen LogP contribution in [0.25, 0.3) is 11.0 Å². The molecule has 2 aliphatic rings. The molecule has 0 aliphatic heterocycles. The number of fused-ring (bicyclic) bond motifs is 2. The Morgan fingerprint density at radius 2 is 2.13 bits per heavy atom. The summed E-state index contributed by atoms with van der Waals surface area (Å²) in [5, 5.41) is 8.91. The first-order valence-corrected chi connectivity index (χ1v) is 11.0. The number of carbonyl (C=O) groups is 1. The van der Waals surface area contributed by atoms with Gasteiger partial charge in [-0.3, -0.25) is 9.48 Å². The average Bonchev–Trinajstić information content (AvgIpc) is 3.56. The number of hydrogen-bond acceptors (Lipinski definition) is 5. The number of nitrogens with zero attached hydrogens (tertiary/aromatic N) is 3. The van der Waals surface area contributed by atoms with Gasteiger partial charge in [0.2, 0.25) is 5.88 Å². The van der Waals surface area contributed by atoms with Crippen LogP contribution in [-0.4, -0.2) is 34.4 Å². The fourth-order valence-corrected chi connectivity index (χ4v) is 4.68. The molecule has 1 saturated carbocycles. The predicted octanol–water partition coefficient (Wildman–Crippen LogP) is 3.74. The summed E-state index contributed by atoms with van der Waals surface area (Å²) in [6, 6.07) is 7.91. The first-order valence-electron chi connectivity index (χ1n) is 11.0. The van der Waals surface area contributed by atoms with Crippen molar-refractivity contribution in [3.05, 3.63) is 46.6 Å². The third-order valence-corrected chi connectivity index (χ3v) is 6.33. The van der Waals surface area contributed by atoms with E-state index < -0.39 is 0 Å². The third kappa shape index (κ3) is 3.73. The van der Waals surface area contributed by atoms with Gasteiger partial charge in [-0.1, -0.05) is 12.1 Å². The van der Waals surface area contributed by atoms with E-state index in [0.717, 1.165) is 52.9 Å². The lowest BCUT2D eigenvalue weighted by atomic mass is 9.87. The molecule has 1 fully saturated rings. The average molecular weight is 421 g/mol. The first kappa shape index (κ1) is 19.8. The van der Waals surface area contributed by atoms with Crippen LogP contribution < -0.4 is 14.8 Å². The number of amides is 1. The van der Waals surface area contributed by atoms with Crippen molar-refractivity contribution < 1.29 is 14.3 Å². The highest BCUT2D eigenvalue weighted by molar-refractivity contribution is 5.84. The van der Waals surface area contributed by atoms with E-state index in [2.05, 4.69) is 28.4 Å². The van der Waals surface area contributed by atoms with Gasteiger partial charge in [0.05, 0.1) is 18.8 Å². The van der Waals surface area contributed by atoms with Crippen molar-refractivity contribution in [3.63, 3.8) is 0 Å². The fourth-order valence-electron chi connectivity index (χ4n) is 4.68. The Labute approximate surface area is 181 Å². The molecule has 5 rings (SSSR count). The molecule has 162 valence electrons. The van der Waals surface area contributed by atoms with E-state index in [4.69, 9.17) is 9.47 Å². The van der Waals surface area contributed by atoms with Crippen LogP contribution in [-0.2, 0) is 18.3 Å². The number of pyridine rings is 1. The Balaban J connectivity index is 1.29. The molecule has 2 aromatic heterocycles. The van der Waals surface area contributed by atoms with Gasteiger partial charge < -0.3 is 14.8 Å². The van der Waals surface area contributed by atoms with Crippen molar-refractivity contribution in [2.75, 3.05) is 13.7 Å². The largest absolute Gasteiger partial charge is 0.496 e. The number of methoxy groups -OCH3 is 1. The molecule has 3 aromatic rings. The van der Waals surface area contributed by atoms with Crippen LogP contribution in [0.5, 0.6) is 11.6 Å². The van der Waals surface area contributed by atoms with Gasteiger partial charge in [-0.2, -0.15) is 10.1 Å². The zero-order valence-electron chi connectivity index (χ0n) is 18.3. The zero-order valence-corrected chi connectivity index (χ0v) is 18.3. The predicted molar refractivity (Wildman–Crippen MR) is 118 cm³/mol. The molecule has 7 heteroatoms. The number of aryl methyl sites for hydroxylation is 2. The van der Waals surface area contributed by atoms with Crippen molar-refractivity contribution in [1.82, 2.24) is 20.1 Å². The number of rotatable bonds is 6. The topological polar surface area (TPSA) is 78.3 Å². The molecule has 1 amide bonds. The standard InChI is InChI=1S/C24H28N4O3/c1-14-12-21(26-24-22(14)23(15-10-11-15)27-28(24)2)31-13-20(29)25-18-8-4-7-17-16(18)6-5-9-19(17)30-3/h5-6,9,12,15,18H,4,7-8,10-11,13H2,1-3H3,(H,25,29). The quantitative estimate of drug-likeness (QED) is 0.657. The van der Waals surface area contributed by atoms with Crippen LogP contribution in [0.1, 0.15) is 60.0 Å². The molecule has 2 aliphatic carbocycles. The van der Waals surface area contributed by atoms with Gasteiger partial charge in [0.25, 0.3) is 5.91 Å². The molecule has 1 atom stereocenters. The smallest absolute Gasteiger partial charge is 0.258 e. The van der Waals surface area contributed by atoms with Crippen molar-refractivity contribution >= 4 is 16.9 Å². The summed E-state index contributed by atoms with van der Waals surface area (Å²) in [7, 11) is 3.60. The molecule has 1 unspecified atom stereocenters. The molecule has 1 N–H and O–H groups in total. The molecule has 0 bridgehead atoms. The Kier molecular flexibility index (Phi) is 5.04. The van der Waals surface area contributed by atoms with Gasteiger partial charge in [-0.05, 0) is 61.8 Å². The van der Waals surface area contributed by atoms with E-state index in [0.29, 0.717) is 11.8 Å². The number of carbonyl (C=O) groups excluding carboxylic acids is 1. The Hall–Kier alpha value is -3.09. The van der Waals surface area contributed by atoms with E-state index in [9.17, 15) is 4.79 Å². The maximum atomic E-state index is 12.7. The van der Waals surface area contributed by atoms with E-state index in [-0.39, 0.29) is 18.6 Å². The van der Waals surface area contributed by atoms with Crippen molar-refractivity contribution in [2.24, 2.45) is 7.05 Å². The highest BCUT2D eigenvalue weighted by Gasteiger charge is 2.30. The second-order valence-electron chi connectivity index (χ2n) is 8.59. The maximum absolute atomic E-state index is 12.7. The van der Waals surface area contributed by atoms with E-state index in [1.165, 1.54) is 18.4 Å². The second-order valence-corrected chi connectivity index (χ2v) is 8.59. The number of nitrogens with one attached hydrogen (secondary N) is 1. The van der Waals surface area contributed by atoms with Gasteiger partial charge in [0.15, 0.2) is 12.3 Å². The second kappa shape index (κ2) is 7.87. The van der Waals surface area contributed by atoms with E-state index in [1.54, 1.807) is 7.11 Å². The lowest BCUT2D eigenvalue weighted by Crippen LogP contribution is -2.34. The summed E-state index contributed by atoms with van der Waals surface area (Å²) in [5.41, 5.74) is 5.36. The summed E-state index contributed by atoms with van der Waals surface area (Å²) in [6.07, 6.45) is 5.29. The Morgan fingerprint density at radius 3 is 2.90 bits per heavy atom. The molecular formula is C24H28N4O3. The molecule has 31 heavy (non-hydrogen) atoms.